The predicted molar refractivity (Wildman–Crippen MR) is 70.1 cm³/mol. The van der Waals surface area contributed by atoms with Crippen molar-refractivity contribution in [3.05, 3.63) is 23.9 Å². The second-order valence-corrected chi connectivity index (χ2v) is 4.94. The molecule has 1 saturated heterocycles. The van der Waals surface area contributed by atoms with Crippen LogP contribution in [-0.4, -0.2) is 53.2 Å². The van der Waals surface area contributed by atoms with E-state index in [1.165, 1.54) is 6.07 Å². The molecule has 1 aromatic rings. The van der Waals surface area contributed by atoms with E-state index in [4.69, 9.17) is 5.11 Å². The van der Waals surface area contributed by atoms with Crippen LogP contribution in [0.5, 0.6) is 0 Å². The maximum absolute atomic E-state index is 12.5. The molecule has 1 aliphatic heterocycles. The molecule has 0 spiro atoms. The molecule has 5 nitrogen and oxygen atoms in total. The molecule has 2 rings (SSSR count). The maximum Gasteiger partial charge on any atom is 0.417 e. The summed E-state index contributed by atoms with van der Waals surface area (Å²) in [6.45, 7) is 3.77. The number of nitrogens with zero attached hydrogens (tertiary/aromatic N) is 3. The third-order valence-electron chi connectivity index (χ3n) is 3.62. The normalized spacial score (nSPS) is 18.6. The van der Waals surface area contributed by atoms with E-state index in [1.807, 2.05) is 9.80 Å². The highest BCUT2D eigenvalue weighted by atomic mass is 19.4. The zero-order valence-electron chi connectivity index (χ0n) is 11.5. The third-order valence-corrected chi connectivity index (χ3v) is 3.62. The monoisotopic (exact) mass is 303 g/mol. The number of alkyl halides is 3. The highest BCUT2D eigenvalue weighted by Gasteiger charge is 2.31. The van der Waals surface area contributed by atoms with Gasteiger partial charge < -0.3 is 10.0 Å². The van der Waals surface area contributed by atoms with Gasteiger partial charge in [0.25, 0.3) is 0 Å². The summed E-state index contributed by atoms with van der Waals surface area (Å²) < 4.78 is 37.4. The summed E-state index contributed by atoms with van der Waals surface area (Å²) in [6.07, 6.45) is -3.57. The minimum Gasteiger partial charge on any atom is -0.480 e. The lowest BCUT2D eigenvalue weighted by molar-refractivity contribution is -0.142. The third kappa shape index (κ3) is 3.63. The minimum absolute atomic E-state index is 0.477. The Balaban J connectivity index is 1.98. The van der Waals surface area contributed by atoms with Crippen molar-refractivity contribution in [2.45, 2.75) is 19.1 Å². The number of aliphatic carboxylic acids is 1. The highest BCUT2D eigenvalue weighted by Crippen LogP contribution is 2.29. The standard InChI is InChI=1S/C13H16F3N3O2/c1-9(12(20)21)18-4-6-19(7-5-18)11-3-2-10(8-17-11)13(14,15)16/h2-3,8-9H,4-7H2,1H3,(H,20,21)/t9-/m1/s1. The van der Waals surface area contributed by atoms with Crippen LogP contribution in [0, 0.1) is 0 Å². The van der Waals surface area contributed by atoms with Crippen LogP contribution in [-0.2, 0) is 11.0 Å². The van der Waals surface area contributed by atoms with E-state index in [2.05, 4.69) is 4.98 Å². The molecule has 0 bridgehead atoms. The van der Waals surface area contributed by atoms with Gasteiger partial charge in [-0.3, -0.25) is 9.69 Å². The van der Waals surface area contributed by atoms with Crippen LogP contribution in [0.25, 0.3) is 0 Å². The zero-order chi connectivity index (χ0) is 15.6. The van der Waals surface area contributed by atoms with Crippen molar-refractivity contribution in [2.75, 3.05) is 31.1 Å². The number of hydrogen-bond acceptors (Lipinski definition) is 4. The fourth-order valence-corrected chi connectivity index (χ4v) is 2.24. The first kappa shape index (κ1) is 15.6. The van der Waals surface area contributed by atoms with E-state index in [9.17, 15) is 18.0 Å². The van der Waals surface area contributed by atoms with Gasteiger partial charge in [-0.1, -0.05) is 0 Å². The molecule has 1 aromatic heterocycles. The first-order valence-electron chi connectivity index (χ1n) is 6.54. The first-order valence-corrected chi connectivity index (χ1v) is 6.54. The SMILES string of the molecule is C[C@H](C(=O)O)N1CCN(c2ccc(C(F)(F)F)cn2)CC1. The zero-order valence-corrected chi connectivity index (χ0v) is 11.5. The minimum atomic E-state index is -4.39. The number of anilines is 1. The van der Waals surface area contributed by atoms with Gasteiger partial charge in [0.15, 0.2) is 0 Å². The van der Waals surface area contributed by atoms with Gasteiger partial charge in [-0.15, -0.1) is 0 Å². The highest BCUT2D eigenvalue weighted by molar-refractivity contribution is 5.72. The summed E-state index contributed by atoms with van der Waals surface area (Å²) in [5.74, 6) is -0.401. The lowest BCUT2D eigenvalue weighted by atomic mass is 10.2. The molecule has 1 N–H and O–H groups in total. The number of aromatic nitrogens is 1. The fraction of sp³-hybridized carbons (Fsp3) is 0.538. The molecule has 116 valence electrons. The number of pyridine rings is 1. The van der Waals surface area contributed by atoms with Crippen LogP contribution in [0.15, 0.2) is 18.3 Å². The molecule has 1 fully saturated rings. The van der Waals surface area contributed by atoms with Gasteiger partial charge in [0.05, 0.1) is 5.56 Å². The molecular formula is C13H16F3N3O2. The predicted octanol–water partition coefficient (Wildman–Crippen LogP) is 1.70. The summed E-state index contributed by atoms with van der Waals surface area (Å²) in [6, 6.07) is 1.79. The fourth-order valence-electron chi connectivity index (χ4n) is 2.24. The van der Waals surface area contributed by atoms with E-state index < -0.39 is 23.8 Å². The van der Waals surface area contributed by atoms with Crippen molar-refractivity contribution < 1.29 is 23.1 Å². The van der Waals surface area contributed by atoms with Crippen LogP contribution in [0.1, 0.15) is 12.5 Å². The van der Waals surface area contributed by atoms with Gasteiger partial charge in [0, 0.05) is 32.4 Å². The second-order valence-electron chi connectivity index (χ2n) is 4.94. The van der Waals surface area contributed by atoms with Crippen LogP contribution < -0.4 is 4.90 Å². The Labute approximate surface area is 120 Å². The van der Waals surface area contributed by atoms with Crippen LogP contribution in [0.4, 0.5) is 19.0 Å². The Kier molecular flexibility index (Phi) is 4.36. The van der Waals surface area contributed by atoms with Crippen molar-refractivity contribution >= 4 is 11.8 Å². The molecule has 1 atom stereocenters. The van der Waals surface area contributed by atoms with Gasteiger partial charge >= 0.3 is 12.1 Å². The molecule has 2 heterocycles. The van der Waals surface area contributed by atoms with Gasteiger partial charge in [-0.2, -0.15) is 13.2 Å². The van der Waals surface area contributed by atoms with Crippen LogP contribution >= 0.6 is 0 Å². The Hall–Kier alpha value is -1.83. The topological polar surface area (TPSA) is 56.7 Å². The number of rotatable bonds is 3. The molecule has 0 amide bonds. The van der Waals surface area contributed by atoms with Crippen molar-refractivity contribution in [1.82, 2.24) is 9.88 Å². The smallest absolute Gasteiger partial charge is 0.417 e. The van der Waals surface area contributed by atoms with Crippen molar-refractivity contribution in [2.24, 2.45) is 0 Å². The summed E-state index contributed by atoms with van der Waals surface area (Å²) in [5.41, 5.74) is -0.774. The number of hydrogen-bond donors (Lipinski definition) is 1. The average molecular weight is 303 g/mol. The number of carboxylic acids is 1. The van der Waals surface area contributed by atoms with E-state index in [-0.39, 0.29) is 0 Å². The summed E-state index contributed by atoms with van der Waals surface area (Å²) in [4.78, 5) is 18.4. The molecule has 21 heavy (non-hydrogen) atoms. The number of carbonyl (C=O) groups is 1. The van der Waals surface area contributed by atoms with Gasteiger partial charge in [-0.05, 0) is 19.1 Å². The second kappa shape index (κ2) is 5.88. The van der Waals surface area contributed by atoms with E-state index in [0.29, 0.717) is 32.0 Å². The van der Waals surface area contributed by atoms with E-state index in [0.717, 1.165) is 12.3 Å². The Bertz CT molecular complexity index is 496. The number of carboxylic acid groups (broad SMARTS) is 1. The van der Waals surface area contributed by atoms with Gasteiger partial charge in [0.2, 0.25) is 0 Å². The molecule has 0 radical (unpaired) electrons. The summed E-state index contributed by atoms with van der Waals surface area (Å²) in [5, 5.41) is 8.95. The lowest BCUT2D eigenvalue weighted by Gasteiger charge is -2.37. The van der Waals surface area contributed by atoms with Crippen molar-refractivity contribution in [3.8, 4) is 0 Å². The Morgan fingerprint density at radius 3 is 2.33 bits per heavy atom. The largest absolute Gasteiger partial charge is 0.480 e. The Morgan fingerprint density at radius 1 is 1.29 bits per heavy atom. The average Bonchev–Trinajstić information content (AvgIpc) is 2.46. The number of halogens is 3. The van der Waals surface area contributed by atoms with E-state index >= 15 is 0 Å². The van der Waals surface area contributed by atoms with Crippen molar-refractivity contribution in [1.29, 1.82) is 0 Å². The van der Waals surface area contributed by atoms with Gasteiger partial charge in [-0.25, -0.2) is 4.98 Å². The molecule has 8 heteroatoms. The molecule has 0 unspecified atom stereocenters. The summed E-state index contributed by atoms with van der Waals surface area (Å²) >= 11 is 0. The molecule has 1 aliphatic rings. The van der Waals surface area contributed by atoms with Gasteiger partial charge in [0.1, 0.15) is 11.9 Å². The molecule has 0 aromatic carbocycles. The first-order chi connectivity index (χ1) is 9.79. The maximum atomic E-state index is 12.5. The van der Waals surface area contributed by atoms with Crippen LogP contribution in [0.3, 0.4) is 0 Å². The Morgan fingerprint density at radius 2 is 1.90 bits per heavy atom. The van der Waals surface area contributed by atoms with E-state index in [1.54, 1.807) is 6.92 Å². The van der Waals surface area contributed by atoms with Crippen molar-refractivity contribution in [3.63, 3.8) is 0 Å². The molecule has 0 saturated carbocycles. The number of piperazine rings is 1. The lowest BCUT2D eigenvalue weighted by Crippen LogP contribution is -2.51. The summed E-state index contributed by atoms with van der Waals surface area (Å²) in [7, 11) is 0. The molecular weight excluding hydrogens is 287 g/mol. The molecule has 0 aliphatic carbocycles. The quantitative estimate of drug-likeness (QED) is 0.921. The van der Waals surface area contributed by atoms with Crippen LogP contribution in [0.2, 0.25) is 0 Å².